The number of sulfone groups is 1. The van der Waals surface area contributed by atoms with Crippen LogP contribution in [0.5, 0.6) is 0 Å². The molecule has 1 aliphatic rings. The van der Waals surface area contributed by atoms with Gasteiger partial charge in [0.05, 0.1) is 51.1 Å². The third-order valence-corrected chi connectivity index (χ3v) is 8.81. The van der Waals surface area contributed by atoms with Gasteiger partial charge in [-0.1, -0.05) is 24.3 Å². The van der Waals surface area contributed by atoms with Crippen LogP contribution in [0, 0.1) is 0 Å². The van der Waals surface area contributed by atoms with Gasteiger partial charge in [0.1, 0.15) is 11.5 Å². The number of halogens is 3. The quantitative estimate of drug-likeness (QED) is 0.344. The molecule has 9 nitrogen and oxygen atoms in total. The second-order valence-electron chi connectivity index (χ2n) is 9.53. The number of carbonyl (C=O) groups excluding carboxylic acids is 1. The van der Waals surface area contributed by atoms with Crippen molar-refractivity contribution in [1.29, 1.82) is 0 Å². The van der Waals surface area contributed by atoms with Crippen molar-refractivity contribution in [1.82, 2.24) is 19.7 Å². The average Bonchev–Trinajstić information content (AvgIpc) is 3.46. The monoisotopic (exact) mass is 566 g/mol. The van der Waals surface area contributed by atoms with E-state index >= 15 is 0 Å². The van der Waals surface area contributed by atoms with E-state index in [-0.39, 0.29) is 34.3 Å². The van der Waals surface area contributed by atoms with Gasteiger partial charge in [0.2, 0.25) is 0 Å². The first-order chi connectivity index (χ1) is 18.9. The number of amides is 1. The Bertz CT molecular complexity index is 1940. The summed E-state index contributed by atoms with van der Waals surface area (Å²) in [4.78, 5) is 23.0. The molecule has 2 aromatic carbocycles. The lowest BCUT2D eigenvalue weighted by Crippen LogP contribution is -2.32. The number of carbonyl (C=O) groups is 1. The lowest BCUT2D eigenvalue weighted by Gasteiger charge is -2.25. The topological polar surface area (TPSA) is 124 Å². The number of aryl methyl sites for hydroxylation is 2. The van der Waals surface area contributed by atoms with Crippen LogP contribution in [0.1, 0.15) is 27.2 Å². The number of nitrogen functional groups attached to an aromatic ring is 1. The summed E-state index contributed by atoms with van der Waals surface area (Å²) in [5, 5.41) is 5.73. The van der Waals surface area contributed by atoms with Gasteiger partial charge in [-0.3, -0.25) is 14.5 Å². The van der Waals surface area contributed by atoms with Gasteiger partial charge in [0.15, 0.2) is 9.84 Å². The Kier molecular flexibility index (Phi) is 5.80. The number of aromatic nitrogens is 4. The van der Waals surface area contributed by atoms with Crippen LogP contribution in [0.4, 0.5) is 24.7 Å². The number of pyridine rings is 2. The molecule has 0 radical (unpaired) electrons. The Balaban J connectivity index is 1.48. The molecule has 0 saturated carbocycles. The highest BCUT2D eigenvalue weighted by Crippen LogP contribution is 2.37. The van der Waals surface area contributed by atoms with Crippen molar-refractivity contribution in [2.45, 2.75) is 24.0 Å². The second kappa shape index (κ2) is 9.01. The molecule has 204 valence electrons. The van der Waals surface area contributed by atoms with Gasteiger partial charge in [0.25, 0.3) is 5.91 Å². The molecule has 1 amide bonds. The molecule has 0 spiro atoms. The highest BCUT2D eigenvalue weighted by Gasteiger charge is 2.35. The fraction of sp³-hybridized carbons (Fsp3) is 0.185. The molecule has 13 heteroatoms. The van der Waals surface area contributed by atoms with Gasteiger partial charge in [-0.15, -0.1) is 0 Å². The maximum Gasteiger partial charge on any atom is 0.433 e. The molecule has 4 heterocycles. The number of fused-ring (bicyclic) bond motifs is 4. The van der Waals surface area contributed by atoms with Crippen LogP contribution < -0.4 is 10.6 Å². The third kappa shape index (κ3) is 4.22. The van der Waals surface area contributed by atoms with Gasteiger partial charge < -0.3 is 10.6 Å². The summed E-state index contributed by atoms with van der Waals surface area (Å²) in [5.74, 6) is -0.516. The number of benzene rings is 2. The Morgan fingerprint density at radius 2 is 1.90 bits per heavy atom. The molecule has 0 fully saturated rings. The summed E-state index contributed by atoms with van der Waals surface area (Å²) in [6, 6.07) is 11.9. The van der Waals surface area contributed by atoms with E-state index in [0.29, 0.717) is 28.5 Å². The Hall–Kier alpha value is -4.52. The molecule has 0 aliphatic carbocycles. The summed E-state index contributed by atoms with van der Waals surface area (Å²) in [6.07, 6.45) is -1.90. The molecule has 2 N–H and O–H groups in total. The van der Waals surface area contributed by atoms with Crippen molar-refractivity contribution in [2.75, 3.05) is 16.4 Å². The van der Waals surface area contributed by atoms with Crippen LogP contribution in [0.3, 0.4) is 0 Å². The minimum atomic E-state index is -4.67. The smallest absolute Gasteiger partial charge is 0.383 e. The zero-order valence-electron chi connectivity index (χ0n) is 21.0. The molecular weight excluding hydrogens is 545 g/mol. The van der Waals surface area contributed by atoms with Crippen LogP contribution in [-0.2, 0) is 36.0 Å². The van der Waals surface area contributed by atoms with Crippen LogP contribution >= 0.6 is 0 Å². The third-order valence-electron chi connectivity index (χ3n) is 6.98. The van der Waals surface area contributed by atoms with Crippen molar-refractivity contribution in [3.63, 3.8) is 0 Å². The van der Waals surface area contributed by atoms with Crippen molar-refractivity contribution < 1.29 is 26.4 Å². The maximum atomic E-state index is 13.8. The normalized spacial score (nSPS) is 14.5. The van der Waals surface area contributed by atoms with Gasteiger partial charge in [-0.05, 0) is 41.8 Å². The fourth-order valence-corrected chi connectivity index (χ4v) is 6.84. The number of rotatable bonds is 4. The zero-order valence-corrected chi connectivity index (χ0v) is 21.8. The molecule has 0 atom stereocenters. The lowest BCUT2D eigenvalue weighted by molar-refractivity contribution is -0.141. The van der Waals surface area contributed by atoms with Crippen molar-refractivity contribution >= 4 is 49.1 Å². The first-order valence-corrected chi connectivity index (χ1v) is 13.8. The predicted molar refractivity (Wildman–Crippen MR) is 142 cm³/mol. The SMILES string of the molecule is Cn1ncc2c(N)nc3cc(CN(C(=O)c4ccc(C(F)(F)F)nc4)c4cccc5c4S(=O)(=O)CC5)ccc3c21. The van der Waals surface area contributed by atoms with Crippen molar-refractivity contribution in [3.05, 3.63) is 83.3 Å². The van der Waals surface area contributed by atoms with E-state index in [1.807, 2.05) is 6.07 Å². The summed E-state index contributed by atoms with van der Waals surface area (Å²) < 4.78 is 66.9. The molecule has 40 heavy (non-hydrogen) atoms. The number of hydrogen-bond donors (Lipinski definition) is 1. The van der Waals surface area contributed by atoms with E-state index in [1.165, 1.54) is 11.0 Å². The first-order valence-electron chi connectivity index (χ1n) is 12.1. The molecule has 0 bridgehead atoms. The summed E-state index contributed by atoms with van der Waals surface area (Å²) >= 11 is 0. The van der Waals surface area contributed by atoms with Crippen LogP contribution in [0.15, 0.2) is 65.8 Å². The van der Waals surface area contributed by atoms with Crippen LogP contribution in [0.25, 0.3) is 21.8 Å². The largest absolute Gasteiger partial charge is 0.433 e. The Labute approximate surface area is 226 Å². The second-order valence-corrected chi connectivity index (χ2v) is 11.6. The van der Waals surface area contributed by atoms with Crippen molar-refractivity contribution in [2.24, 2.45) is 7.05 Å². The minimum Gasteiger partial charge on any atom is -0.383 e. The molecule has 5 aromatic rings. The molecule has 3 aromatic heterocycles. The number of hydrogen-bond acceptors (Lipinski definition) is 7. The summed E-state index contributed by atoms with van der Waals surface area (Å²) in [7, 11) is -1.89. The fourth-order valence-electron chi connectivity index (χ4n) is 5.08. The molecule has 0 saturated heterocycles. The molecule has 6 rings (SSSR count). The molecular formula is C27H21F3N6O3S. The van der Waals surface area contributed by atoms with E-state index in [0.717, 1.165) is 29.2 Å². The molecule has 0 unspecified atom stereocenters. The Morgan fingerprint density at radius 3 is 2.62 bits per heavy atom. The average molecular weight is 567 g/mol. The number of nitrogens with zero attached hydrogens (tertiary/aromatic N) is 5. The van der Waals surface area contributed by atoms with E-state index in [4.69, 9.17) is 5.73 Å². The van der Waals surface area contributed by atoms with E-state index in [1.54, 1.807) is 42.2 Å². The summed E-state index contributed by atoms with van der Waals surface area (Å²) in [6.45, 7) is -0.0905. The number of alkyl halides is 3. The van der Waals surface area contributed by atoms with Crippen molar-refractivity contribution in [3.8, 4) is 0 Å². The van der Waals surface area contributed by atoms with Crippen LogP contribution in [0.2, 0.25) is 0 Å². The molecule has 1 aliphatic heterocycles. The van der Waals surface area contributed by atoms with Gasteiger partial charge in [0, 0.05) is 18.6 Å². The lowest BCUT2D eigenvalue weighted by atomic mass is 10.1. The number of anilines is 2. The van der Waals surface area contributed by atoms with Gasteiger partial charge in [-0.2, -0.15) is 18.3 Å². The van der Waals surface area contributed by atoms with Gasteiger partial charge in [-0.25, -0.2) is 13.4 Å². The van der Waals surface area contributed by atoms with Gasteiger partial charge >= 0.3 is 6.18 Å². The Morgan fingerprint density at radius 1 is 1.10 bits per heavy atom. The van der Waals surface area contributed by atoms with Crippen LogP contribution in [-0.4, -0.2) is 39.8 Å². The number of nitrogens with two attached hydrogens (primary N) is 1. The zero-order chi connectivity index (χ0) is 28.4. The summed E-state index contributed by atoms with van der Waals surface area (Å²) in [5.41, 5.74) is 7.54. The van der Waals surface area contributed by atoms with E-state index in [2.05, 4.69) is 15.1 Å². The standard InChI is InChI=1S/C27H21F3N6O3S/c1-35-23-18-7-5-15(11-20(18)34-25(31)19(23)13-33-35)14-36(21-4-2-3-16-9-10-40(38,39)24(16)21)26(37)17-6-8-22(32-12-17)27(28,29)30/h2-8,11-13H,9-10,14H2,1H3,(H2,31,34). The first kappa shape index (κ1) is 25.7. The van der Waals surface area contributed by atoms with E-state index in [9.17, 15) is 26.4 Å². The maximum absolute atomic E-state index is 13.8. The highest BCUT2D eigenvalue weighted by molar-refractivity contribution is 7.91. The van der Waals surface area contributed by atoms with E-state index < -0.39 is 27.6 Å². The minimum absolute atomic E-state index is 0.0444. The predicted octanol–water partition coefficient (Wildman–Crippen LogP) is 4.29. The highest BCUT2D eigenvalue weighted by atomic mass is 32.2.